The molecule has 3 aromatic rings. The van der Waals surface area contributed by atoms with E-state index in [0.29, 0.717) is 11.1 Å². The first kappa shape index (κ1) is 27.3. The first-order chi connectivity index (χ1) is 16.9. The second kappa shape index (κ2) is 11.2. The molecular formula is C26H27ClO8S. The third-order valence-corrected chi connectivity index (χ3v) is 6.88. The third kappa shape index (κ3) is 7.11. The number of sulfone groups is 1. The molecule has 1 N–H and O–H groups in total. The van der Waals surface area contributed by atoms with Crippen LogP contribution >= 0.6 is 11.6 Å². The summed E-state index contributed by atoms with van der Waals surface area (Å²) in [5.74, 6) is -2.33. The molecule has 1 aromatic heterocycles. The Morgan fingerprint density at radius 2 is 1.86 bits per heavy atom. The molecule has 0 fully saturated rings. The van der Waals surface area contributed by atoms with Gasteiger partial charge in [-0.25, -0.2) is 13.2 Å². The fraction of sp³-hybridized carbons (Fsp3) is 0.308. The molecule has 0 atom stereocenters. The van der Waals surface area contributed by atoms with Gasteiger partial charge in [0.05, 0.1) is 29.8 Å². The summed E-state index contributed by atoms with van der Waals surface area (Å²) in [4.78, 5) is 24.3. The maximum Gasteiger partial charge on any atom is 0.339 e. The van der Waals surface area contributed by atoms with Crippen molar-refractivity contribution in [1.82, 2.24) is 0 Å². The second-order valence-electron chi connectivity index (χ2n) is 9.05. The van der Waals surface area contributed by atoms with Crippen LogP contribution in [0.2, 0.25) is 5.02 Å². The molecule has 0 aliphatic heterocycles. The third-order valence-electron chi connectivity index (χ3n) is 4.98. The molecule has 192 valence electrons. The average Bonchev–Trinajstić information content (AvgIpc) is 3.30. The Kier molecular flexibility index (Phi) is 8.47. The van der Waals surface area contributed by atoms with E-state index in [1.54, 1.807) is 39.0 Å². The van der Waals surface area contributed by atoms with Crippen molar-refractivity contribution < 1.29 is 37.0 Å². The molecule has 0 bridgehead atoms. The highest BCUT2D eigenvalue weighted by Crippen LogP contribution is 2.37. The van der Waals surface area contributed by atoms with E-state index in [1.165, 1.54) is 36.8 Å². The van der Waals surface area contributed by atoms with Crippen LogP contribution in [0.1, 0.15) is 49.5 Å². The second-order valence-corrected chi connectivity index (χ2v) is 11.5. The van der Waals surface area contributed by atoms with Gasteiger partial charge in [-0.15, -0.1) is 0 Å². The first-order valence-corrected chi connectivity index (χ1v) is 13.1. The Balaban J connectivity index is 1.93. The summed E-state index contributed by atoms with van der Waals surface area (Å²) in [7, 11) is -3.91. The number of esters is 1. The number of carboxylic acid groups (broad SMARTS) is 1. The van der Waals surface area contributed by atoms with Gasteiger partial charge >= 0.3 is 11.9 Å². The van der Waals surface area contributed by atoms with Gasteiger partial charge in [0, 0.05) is 22.6 Å². The molecule has 0 spiro atoms. The lowest BCUT2D eigenvalue weighted by Gasteiger charge is -2.20. The molecule has 0 saturated heterocycles. The van der Waals surface area contributed by atoms with Crippen LogP contribution in [0.3, 0.4) is 0 Å². The van der Waals surface area contributed by atoms with Crippen molar-refractivity contribution in [3.63, 3.8) is 0 Å². The average molecular weight is 535 g/mol. The van der Waals surface area contributed by atoms with Gasteiger partial charge in [0.1, 0.15) is 16.9 Å². The van der Waals surface area contributed by atoms with Crippen molar-refractivity contribution in [3.8, 4) is 16.9 Å². The predicted octanol–water partition coefficient (Wildman–Crippen LogP) is 5.77. The fourth-order valence-corrected chi connectivity index (χ4v) is 5.17. The summed E-state index contributed by atoms with van der Waals surface area (Å²) in [5.41, 5.74) is 0.130. The summed E-state index contributed by atoms with van der Waals surface area (Å²) < 4.78 is 42.4. The predicted molar refractivity (Wildman–Crippen MR) is 134 cm³/mol. The van der Waals surface area contributed by atoms with Gasteiger partial charge in [-0.1, -0.05) is 29.8 Å². The molecule has 0 aliphatic rings. The van der Waals surface area contributed by atoms with E-state index in [0.717, 1.165) is 0 Å². The van der Waals surface area contributed by atoms with E-state index < -0.39 is 33.1 Å². The molecule has 8 nitrogen and oxygen atoms in total. The number of hydrogen-bond acceptors (Lipinski definition) is 7. The minimum atomic E-state index is -3.91. The van der Waals surface area contributed by atoms with Crippen LogP contribution in [-0.4, -0.2) is 37.7 Å². The Labute approximate surface area is 214 Å². The molecule has 36 heavy (non-hydrogen) atoms. The normalized spacial score (nSPS) is 11.8. The Morgan fingerprint density at radius 3 is 2.47 bits per heavy atom. The maximum absolute atomic E-state index is 13.0. The number of ether oxygens (including phenoxy) is 2. The lowest BCUT2D eigenvalue weighted by atomic mass is 9.99. The van der Waals surface area contributed by atoms with E-state index in [9.17, 15) is 23.1 Å². The molecule has 10 heteroatoms. The Bertz CT molecular complexity index is 1340. The first-order valence-electron chi connectivity index (χ1n) is 11.1. The fourth-order valence-electron chi connectivity index (χ4n) is 3.50. The van der Waals surface area contributed by atoms with Gasteiger partial charge in [0.2, 0.25) is 0 Å². The van der Waals surface area contributed by atoms with Gasteiger partial charge in [-0.2, -0.15) is 0 Å². The lowest BCUT2D eigenvalue weighted by Crippen LogP contribution is -2.24. The molecule has 3 rings (SSSR count). The van der Waals surface area contributed by atoms with Crippen molar-refractivity contribution >= 4 is 33.4 Å². The van der Waals surface area contributed by atoms with Gasteiger partial charge in [-0.3, -0.25) is 4.79 Å². The monoisotopic (exact) mass is 534 g/mol. The van der Waals surface area contributed by atoms with Gasteiger partial charge in [0.15, 0.2) is 9.84 Å². The van der Waals surface area contributed by atoms with Crippen molar-refractivity contribution in [2.24, 2.45) is 0 Å². The van der Waals surface area contributed by atoms with E-state index in [-0.39, 0.29) is 46.2 Å². The number of hydrogen-bond donors (Lipinski definition) is 1. The number of rotatable bonds is 10. The van der Waals surface area contributed by atoms with Gasteiger partial charge in [0.25, 0.3) is 0 Å². The molecule has 1 heterocycles. The number of carbonyl (C=O) groups is 2. The van der Waals surface area contributed by atoms with E-state index in [1.807, 2.05) is 0 Å². The van der Waals surface area contributed by atoms with Crippen LogP contribution in [0.4, 0.5) is 0 Å². The summed E-state index contributed by atoms with van der Waals surface area (Å²) in [6, 6.07) is 10.4. The molecule has 0 amide bonds. The van der Waals surface area contributed by atoms with Crippen LogP contribution in [-0.2, 0) is 25.1 Å². The summed E-state index contributed by atoms with van der Waals surface area (Å²) in [6.45, 7) is 5.30. The molecule has 0 unspecified atom stereocenters. The van der Waals surface area contributed by atoms with Crippen molar-refractivity contribution in [3.05, 3.63) is 71.1 Å². The summed E-state index contributed by atoms with van der Waals surface area (Å²) >= 11 is 5.95. The van der Waals surface area contributed by atoms with Crippen LogP contribution in [0.25, 0.3) is 11.1 Å². The van der Waals surface area contributed by atoms with E-state index in [2.05, 4.69) is 0 Å². The number of halogens is 1. The smallest absolute Gasteiger partial charge is 0.339 e. The van der Waals surface area contributed by atoms with Crippen LogP contribution in [0, 0.1) is 0 Å². The zero-order valence-corrected chi connectivity index (χ0v) is 21.7. The molecule has 0 aliphatic carbocycles. The molecule has 2 aromatic carbocycles. The lowest BCUT2D eigenvalue weighted by molar-refractivity contribution is -0.155. The number of aromatic carboxylic acids is 1. The number of carbonyl (C=O) groups excluding carboxylic acids is 1. The van der Waals surface area contributed by atoms with Crippen molar-refractivity contribution in [2.45, 2.75) is 49.9 Å². The summed E-state index contributed by atoms with van der Waals surface area (Å²) in [5, 5.41) is 10.3. The largest absolute Gasteiger partial charge is 0.492 e. The van der Waals surface area contributed by atoms with Gasteiger partial charge in [-0.05, 0) is 57.0 Å². The van der Waals surface area contributed by atoms with Crippen molar-refractivity contribution in [1.29, 1.82) is 0 Å². The Morgan fingerprint density at radius 1 is 1.11 bits per heavy atom. The van der Waals surface area contributed by atoms with Crippen LogP contribution in [0.15, 0.2) is 64.3 Å². The number of benzene rings is 2. The minimum Gasteiger partial charge on any atom is -0.492 e. The SMILES string of the molecule is CC(C)(C)OC(=O)CCCOc1c(-c2ccoc2)ccc(CS(=O)(=O)c2cccc(Cl)c2)c1C(=O)O. The highest BCUT2D eigenvalue weighted by molar-refractivity contribution is 7.90. The van der Waals surface area contributed by atoms with Gasteiger partial charge < -0.3 is 19.0 Å². The van der Waals surface area contributed by atoms with Crippen LogP contribution < -0.4 is 4.74 Å². The van der Waals surface area contributed by atoms with E-state index in [4.69, 9.17) is 25.5 Å². The highest BCUT2D eigenvalue weighted by atomic mass is 35.5. The molecule has 0 radical (unpaired) electrons. The van der Waals surface area contributed by atoms with E-state index >= 15 is 0 Å². The minimum absolute atomic E-state index is 0.00752. The number of carboxylic acids is 1. The zero-order chi connectivity index (χ0) is 26.5. The molecular weight excluding hydrogens is 508 g/mol. The highest BCUT2D eigenvalue weighted by Gasteiger charge is 2.26. The standard InChI is InChI=1S/C26H27ClO8S/c1-26(2,3)35-22(28)8-5-12-34-24-21(17-11-13-33-15-17)10-9-18(23(24)25(29)30)16-36(31,32)20-7-4-6-19(27)14-20/h4,6-7,9-11,13-15H,5,8,12,16H2,1-3H3,(H,29,30). The summed E-state index contributed by atoms with van der Waals surface area (Å²) in [6.07, 6.45) is 3.20. The van der Waals surface area contributed by atoms with Crippen LogP contribution in [0.5, 0.6) is 5.75 Å². The number of furan rings is 1. The topological polar surface area (TPSA) is 120 Å². The Hall–Kier alpha value is -3.30. The van der Waals surface area contributed by atoms with Crippen molar-refractivity contribution in [2.75, 3.05) is 6.61 Å². The zero-order valence-electron chi connectivity index (χ0n) is 20.1. The maximum atomic E-state index is 13.0. The quantitative estimate of drug-likeness (QED) is 0.257. The molecule has 0 saturated carbocycles.